The summed E-state index contributed by atoms with van der Waals surface area (Å²) < 4.78 is 16.6. The molecule has 6 heteroatoms. The van der Waals surface area contributed by atoms with Gasteiger partial charge in [-0.2, -0.15) is 0 Å². The lowest BCUT2D eigenvalue weighted by Crippen LogP contribution is -2.30. The molecule has 0 rings (SSSR count). The van der Waals surface area contributed by atoms with Crippen LogP contribution < -0.4 is 0 Å². The van der Waals surface area contributed by atoms with Crippen LogP contribution in [0.1, 0.15) is 220 Å². The molecule has 50 heavy (non-hydrogen) atoms. The van der Waals surface area contributed by atoms with E-state index in [0.717, 1.165) is 83.5 Å². The zero-order valence-electron chi connectivity index (χ0n) is 33.2. The third kappa shape index (κ3) is 37.2. The molecule has 0 spiro atoms. The molecule has 0 fully saturated rings. The maximum atomic E-state index is 12.6. The fourth-order valence-electron chi connectivity index (χ4n) is 6.01. The maximum absolute atomic E-state index is 12.6. The predicted molar refractivity (Wildman–Crippen MR) is 210 cm³/mol. The van der Waals surface area contributed by atoms with Crippen LogP contribution in [0.3, 0.4) is 0 Å². The molecule has 0 aliphatic rings. The highest BCUT2D eigenvalue weighted by molar-refractivity contribution is 5.71. The molecule has 0 aromatic rings. The van der Waals surface area contributed by atoms with Crippen LogP contribution >= 0.6 is 0 Å². The number of esters is 3. The van der Waals surface area contributed by atoms with Gasteiger partial charge in [0.1, 0.15) is 13.2 Å². The molecule has 0 aliphatic carbocycles. The first-order valence-electron chi connectivity index (χ1n) is 21.3. The highest BCUT2D eigenvalue weighted by Crippen LogP contribution is 2.14. The molecule has 0 aromatic heterocycles. The minimum absolute atomic E-state index is 0.0724. The van der Waals surface area contributed by atoms with Gasteiger partial charge >= 0.3 is 17.9 Å². The first-order chi connectivity index (χ1) is 24.5. The van der Waals surface area contributed by atoms with Gasteiger partial charge in [-0.3, -0.25) is 14.4 Å². The van der Waals surface area contributed by atoms with Gasteiger partial charge in [-0.15, -0.1) is 0 Å². The van der Waals surface area contributed by atoms with E-state index in [0.29, 0.717) is 19.3 Å². The summed E-state index contributed by atoms with van der Waals surface area (Å²) >= 11 is 0. The summed E-state index contributed by atoms with van der Waals surface area (Å²) in [5.74, 6) is -0.889. The molecule has 292 valence electrons. The maximum Gasteiger partial charge on any atom is 0.306 e. The van der Waals surface area contributed by atoms with Crippen LogP contribution in [0.25, 0.3) is 0 Å². The lowest BCUT2D eigenvalue weighted by molar-refractivity contribution is -0.167. The smallest absolute Gasteiger partial charge is 0.306 e. The zero-order valence-corrected chi connectivity index (χ0v) is 33.2. The zero-order chi connectivity index (χ0) is 36.6. The lowest BCUT2D eigenvalue weighted by Gasteiger charge is -2.18. The minimum Gasteiger partial charge on any atom is -0.462 e. The normalized spacial score (nSPS) is 12.1. The molecule has 0 saturated heterocycles. The van der Waals surface area contributed by atoms with E-state index < -0.39 is 6.10 Å². The van der Waals surface area contributed by atoms with E-state index in [9.17, 15) is 14.4 Å². The van der Waals surface area contributed by atoms with E-state index >= 15 is 0 Å². The Morgan fingerprint density at radius 2 is 0.780 bits per heavy atom. The summed E-state index contributed by atoms with van der Waals surface area (Å²) in [5.41, 5.74) is 0. The number of ether oxygens (including phenoxy) is 3. The van der Waals surface area contributed by atoms with E-state index in [1.54, 1.807) is 0 Å². The summed E-state index contributed by atoms with van der Waals surface area (Å²) in [6.45, 7) is 6.48. The van der Waals surface area contributed by atoms with Gasteiger partial charge in [0.25, 0.3) is 0 Å². The van der Waals surface area contributed by atoms with Crippen LogP contribution in [-0.2, 0) is 28.6 Å². The third-order valence-electron chi connectivity index (χ3n) is 9.22. The highest BCUT2D eigenvalue weighted by Gasteiger charge is 2.19. The molecule has 0 amide bonds. The summed E-state index contributed by atoms with van der Waals surface area (Å²) in [4.78, 5) is 37.5. The van der Waals surface area contributed by atoms with Gasteiger partial charge < -0.3 is 14.2 Å². The molecule has 0 aromatic carbocycles. The molecule has 0 radical (unpaired) electrons. The number of carbonyl (C=O) groups excluding carboxylic acids is 3. The Morgan fingerprint density at radius 3 is 1.20 bits per heavy atom. The Balaban J connectivity index is 4.37. The van der Waals surface area contributed by atoms with Gasteiger partial charge in [-0.05, 0) is 44.9 Å². The monoisotopic (exact) mass is 705 g/mol. The Bertz CT molecular complexity index is 819. The van der Waals surface area contributed by atoms with Crippen molar-refractivity contribution in [1.82, 2.24) is 0 Å². The van der Waals surface area contributed by atoms with Gasteiger partial charge in [0, 0.05) is 19.3 Å². The number of unbranched alkanes of at least 4 members (excludes halogenated alkanes) is 23. The number of rotatable bonds is 38. The van der Waals surface area contributed by atoms with Crippen molar-refractivity contribution in [3.05, 3.63) is 24.3 Å². The molecular formula is C44H80O6. The molecule has 0 saturated carbocycles. The van der Waals surface area contributed by atoms with Crippen LogP contribution in [0.2, 0.25) is 0 Å². The van der Waals surface area contributed by atoms with Crippen LogP contribution in [0.5, 0.6) is 0 Å². The van der Waals surface area contributed by atoms with Crippen LogP contribution in [0.4, 0.5) is 0 Å². The second-order valence-corrected chi connectivity index (χ2v) is 14.2. The van der Waals surface area contributed by atoms with Crippen LogP contribution in [-0.4, -0.2) is 37.2 Å². The van der Waals surface area contributed by atoms with Crippen LogP contribution in [0, 0.1) is 0 Å². The van der Waals surface area contributed by atoms with Crippen molar-refractivity contribution in [2.75, 3.05) is 13.2 Å². The Hall–Kier alpha value is -2.11. The summed E-state index contributed by atoms with van der Waals surface area (Å²) in [6, 6.07) is 0. The molecular weight excluding hydrogens is 624 g/mol. The van der Waals surface area contributed by atoms with Gasteiger partial charge in [-0.1, -0.05) is 180 Å². The third-order valence-corrected chi connectivity index (χ3v) is 9.22. The first-order valence-corrected chi connectivity index (χ1v) is 21.3. The fraction of sp³-hybridized carbons (Fsp3) is 0.841. The number of hydrogen-bond acceptors (Lipinski definition) is 6. The van der Waals surface area contributed by atoms with Crippen LogP contribution in [0.15, 0.2) is 24.3 Å². The van der Waals surface area contributed by atoms with Crippen molar-refractivity contribution in [1.29, 1.82) is 0 Å². The standard InChI is InChI=1S/C44H80O6/c1-4-7-10-13-16-19-22-23-26-28-31-34-37-43(46)49-40-41(50-44(47)38-35-32-29-25-21-18-15-12-9-6-3)39-48-42(45)36-33-30-27-24-20-17-14-11-8-5-2/h7,10,16,19,41H,4-6,8-9,11-15,17-18,20-40H2,1-3H3/b10-7-,19-16-. The SMILES string of the molecule is CC/C=C\C/C=C\CCCCCCCC(=O)OCC(COC(=O)CCCCCCCCCCCC)OC(=O)CCCCCCCCCCCC. The molecule has 0 N–H and O–H groups in total. The topological polar surface area (TPSA) is 78.9 Å². The predicted octanol–water partition coefficient (Wildman–Crippen LogP) is 13.2. The largest absolute Gasteiger partial charge is 0.462 e. The van der Waals surface area contributed by atoms with E-state index in [-0.39, 0.29) is 31.1 Å². The van der Waals surface area contributed by atoms with Gasteiger partial charge in [0.05, 0.1) is 0 Å². The molecule has 6 nitrogen and oxygen atoms in total. The van der Waals surface area contributed by atoms with Gasteiger partial charge in [0.15, 0.2) is 6.10 Å². The number of allylic oxidation sites excluding steroid dienone is 4. The van der Waals surface area contributed by atoms with Crippen molar-refractivity contribution < 1.29 is 28.6 Å². The van der Waals surface area contributed by atoms with Crippen molar-refractivity contribution >= 4 is 17.9 Å². The summed E-state index contributed by atoms with van der Waals surface area (Å²) in [5, 5.41) is 0. The van der Waals surface area contributed by atoms with E-state index in [1.165, 1.54) is 96.3 Å². The Morgan fingerprint density at radius 1 is 0.420 bits per heavy atom. The fourth-order valence-corrected chi connectivity index (χ4v) is 6.01. The first kappa shape index (κ1) is 47.9. The van der Waals surface area contributed by atoms with Gasteiger partial charge in [-0.25, -0.2) is 0 Å². The van der Waals surface area contributed by atoms with Crippen molar-refractivity contribution in [2.24, 2.45) is 0 Å². The van der Waals surface area contributed by atoms with Crippen molar-refractivity contribution in [3.8, 4) is 0 Å². The second kappa shape index (κ2) is 39.7. The van der Waals surface area contributed by atoms with Crippen molar-refractivity contribution in [2.45, 2.75) is 226 Å². The average Bonchev–Trinajstić information content (AvgIpc) is 3.11. The molecule has 1 unspecified atom stereocenters. The quantitative estimate of drug-likeness (QED) is 0.0275. The number of carbonyl (C=O) groups is 3. The summed E-state index contributed by atoms with van der Waals surface area (Å²) in [6.07, 6.45) is 41.6. The second-order valence-electron chi connectivity index (χ2n) is 14.2. The Kier molecular flexibility index (Phi) is 38.0. The molecule has 0 heterocycles. The molecule has 0 bridgehead atoms. The van der Waals surface area contributed by atoms with Crippen molar-refractivity contribution in [3.63, 3.8) is 0 Å². The van der Waals surface area contributed by atoms with Gasteiger partial charge in [0.2, 0.25) is 0 Å². The van der Waals surface area contributed by atoms with E-state index in [4.69, 9.17) is 14.2 Å². The number of hydrogen-bond donors (Lipinski definition) is 0. The highest BCUT2D eigenvalue weighted by atomic mass is 16.6. The average molecular weight is 705 g/mol. The molecule has 0 aliphatic heterocycles. The minimum atomic E-state index is -0.767. The molecule has 1 atom stereocenters. The van der Waals surface area contributed by atoms with E-state index in [2.05, 4.69) is 45.1 Å². The van der Waals surface area contributed by atoms with E-state index in [1.807, 2.05) is 0 Å². The lowest BCUT2D eigenvalue weighted by atomic mass is 10.1. The Labute approximate surface area is 309 Å². The summed E-state index contributed by atoms with van der Waals surface area (Å²) in [7, 11) is 0.